The first kappa shape index (κ1) is 23.8. The zero-order chi connectivity index (χ0) is 24.3. The van der Waals surface area contributed by atoms with E-state index < -0.39 is 46.4 Å². The van der Waals surface area contributed by atoms with Crippen molar-refractivity contribution in [2.24, 2.45) is 34.5 Å². The van der Waals surface area contributed by atoms with Gasteiger partial charge in [0.05, 0.1) is 0 Å². The number of hydrogen-bond acceptors (Lipinski definition) is 6. The number of ether oxygens (including phenoxy) is 2. The Morgan fingerprint density at radius 3 is 2.48 bits per heavy atom. The van der Waals surface area contributed by atoms with E-state index in [0.29, 0.717) is 19.3 Å². The van der Waals surface area contributed by atoms with Gasteiger partial charge in [-0.1, -0.05) is 25.5 Å². The Labute approximate surface area is 193 Å². The first-order chi connectivity index (χ1) is 15.3. The van der Waals surface area contributed by atoms with Gasteiger partial charge in [0.15, 0.2) is 17.2 Å². The molecule has 4 unspecified atom stereocenters. The zero-order valence-electron chi connectivity index (χ0n) is 20.0. The lowest BCUT2D eigenvalue weighted by Crippen LogP contribution is -2.67. The van der Waals surface area contributed by atoms with Crippen molar-refractivity contribution in [3.8, 4) is 0 Å². The normalized spacial score (nSPS) is 43.6. The third-order valence-electron chi connectivity index (χ3n) is 9.03. The van der Waals surface area contributed by atoms with Crippen molar-refractivity contribution in [3.05, 3.63) is 23.8 Å². The van der Waals surface area contributed by atoms with Gasteiger partial charge in [0, 0.05) is 31.1 Å². The van der Waals surface area contributed by atoms with E-state index in [9.17, 15) is 19.2 Å². The molecule has 0 aromatic carbocycles. The topological polar surface area (TPSA) is 86.7 Å². The standard InChI is InChI=1S/C26H33FO6/c1-14-10-20-19-7-6-17-11-18(30)8-9-25(17,5)26(19,27)22(33-16(3)29)12-24(20,4)23(14)21(31)13-32-15(2)28/h8-9,11,14,19-20,22-23H,6-7,10,12-13H2,1-5H3/t14-,19?,20?,22?,23?,24+,25+,26+/m1/s1. The molecule has 33 heavy (non-hydrogen) atoms. The second-order valence-electron chi connectivity index (χ2n) is 10.9. The van der Waals surface area contributed by atoms with Crippen LogP contribution in [0.25, 0.3) is 0 Å². The Morgan fingerprint density at radius 2 is 1.85 bits per heavy atom. The minimum atomic E-state index is -1.89. The number of hydrogen-bond donors (Lipinski definition) is 0. The van der Waals surface area contributed by atoms with Crippen molar-refractivity contribution in [2.75, 3.05) is 6.61 Å². The predicted molar refractivity (Wildman–Crippen MR) is 118 cm³/mol. The van der Waals surface area contributed by atoms with Crippen molar-refractivity contribution < 1.29 is 33.0 Å². The molecule has 7 heteroatoms. The highest BCUT2D eigenvalue weighted by Crippen LogP contribution is 2.70. The third kappa shape index (κ3) is 3.41. The summed E-state index contributed by atoms with van der Waals surface area (Å²) in [5.41, 5.74) is -2.81. The second-order valence-corrected chi connectivity index (χ2v) is 10.9. The summed E-state index contributed by atoms with van der Waals surface area (Å²) < 4.78 is 28.3. The van der Waals surface area contributed by atoms with Crippen LogP contribution in [-0.2, 0) is 28.7 Å². The van der Waals surface area contributed by atoms with Gasteiger partial charge in [0.2, 0.25) is 0 Å². The minimum Gasteiger partial charge on any atom is -0.459 e. The Morgan fingerprint density at radius 1 is 1.15 bits per heavy atom. The summed E-state index contributed by atoms with van der Waals surface area (Å²) in [7, 11) is 0. The van der Waals surface area contributed by atoms with E-state index in [4.69, 9.17) is 9.47 Å². The summed E-state index contributed by atoms with van der Waals surface area (Å²) in [5, 5.41) is 0. The molecule has 0 aromatic rings. The third-order valence-corrected chi connectivity index (χ3v) is 9.03. The van der Waals surface area contributed by atoms with Gasteiger partial charge in [0.1, 0.15) is 12.7 Å². The molecule has 4 aliphatic rings. The molecule has 3 fully saturated rings. The molecule has 3 saturated carbocycles. The summed E-state index contributed by atoms with van der Waals surface area (Å²) >= 11 is 0. The number of fused-ring (bicyclic) bond motifs is 5. The van der Waals surface area contributed by atoms with Gasteiger partial charge in [-0.2, -0.15) is 0 Å². The maximum atomic E-state index is 17.6. The highest BCUT2D eigenvalue weighted by atomic mass is 19.1. The van der Waals surface area contributed by atoms with Crippen molar-refractivity contribution in [2.45, 2.75) is 72.1 Å². The van der Waals surface area contributed by atoms with Gasteiger partial charge in [-0.3, -0.25) is 19.2 Å². The SMILES string of the molecule is CC(=O)OCC(=O)C1[C@H](C)CC2C3CCC4=CC(=O)C=C[C@]4(C)[C@@]3(F)C(OC(C)=O)C[C@@]21C. The molecule has 0 N–H and O–H groups in total. The summed E-state index contributed by atoms with van der Waals surface area (Å²) in [6.45, 7) is 8.04. The van der Waals surface area contributed by atoms with Gasteiger partial charge in [-0.25, -0.2) is 4.39 Å². The van der Waals surface area contributed by atoms with Gasteiger partial charge >= 0.3 is 11.9 Å². The molecular formula is C26H33FO6. The number of alkyl halides is 1. The molecule has 0 aromatic heterocycles. The van der Waals surface area contributed by atoms with Crippen molar-refractivity contribution in [1.82, 2.24) is 0 Å². The number of rotatable bonds is 4. The maximum absolute atomic E-state index is 17.6. The first-order valence-electron chi connectivity index (χ1n) is 11.8. The molecule has 6 nitrogen and oxygen atoms in total. The molecule has 0 heterocycles. The van der Waals surface area contributed by atoms with Gasteiger partial charge < -0.3 is 9.47 Å². The lowest BCUT2D eigenvalue weighted by Gasteiger charge is -2.62. The number of esters is 2. The Bertz CT molecular complexity index is 968. The number of carbonyl (C=O) groups excluding carboxylic acids is 4. The van der Waals surface area contributed by atoms with E-state index in [0.717, 1.165) is 5.57 Å². The molecule has 0 aliphatic heterocycles. The smallest absolute Gasteiger partial charge is 0.303 e. The molecule has 0 spiro atoms. The van der Waals surface area contributed by atoms with Crippen LogP contribution in [0.4, 0.5) is 4.39 Å². The van der Waals surface area contributed by atoms with Crippen LogP contribution in [0, 0.1) is 34.5 Å². The van der Waals surface area contributed by atoms with Crippen molar-refractivity contribution >= 4 is 23.5 Å². The number of ketones is 2. The number of allylic oxidation sites excluding steroid dienone is 4. The van der Waals surface area contributed by atoms with Crippen molar-refractivity contribution in [3.63, 3.8) is 0 Å². The molecule has 0 bridgehead atoms. The molecule has 0 amide bonds. The van der Waals surface area contributed by atoms with Gasteiger partial charge in [0.25, 0.3) is 0 Å². The molecule has 180 valence electrons. The molecule has 4 rings (SSSR count). The van der Waals surface area contributed by atoms with Crippen LogP contribution in [-0.4, -0.2) is 41.9 Å². The summed E-state index contributed by atoms with van der Waals surface area (Å²) in [5.74, 6) is -2.37. The molecule has 0 radical (unpaired) electrons. The Balaban J connectivity index is 1.78. The van der Waals surface area contributed by atoms with E-state index in [1.165, 1.54) is 26.0 Å². The predicted octanol–water partition coefficient (Wildman–Crippen LogP) is 3.92. The van der Waals surface area contributed by atoms with E-state index in [1.54, 1.807) is 13.0 Å². The van der Waals surface area contributed by atoms with Crippen LogP contribution in [0.5, 0.6) is 0 Å². The Kier molecular flexibility index (Phi) is 5.69. The lowest BCUT2D eigenvalue weighted by atomic mass is 9.45. The quantitative estimate of drug-likeness (QED) is 0.591. The average molecular weight is 461 g/mol. The maximum Gasteiger partial charge on any atom is 0.303 e. The van der Waals surface area contributed by atoms with Crippen molar-refractivity contribution in [1.29, 1.82) is 0 Å². The fourth-order valence-corrected chi connectivity index (χ4v) is 7.82. The number of halogens is 1. The van der Waals surface area contributed by atoms with Crippen LogP contribution in [0.15, 0.2) is 23.8 Å². The van der Waals surface area contributed by atoms with E-state index >= 15 is 4.39 Å². The summed E-state index contributed by atoms with van der Waals surface area (Å²) in [6.07, 6.45) is 5.52. The largest absolute Gasteiger partial charge is 0.459 e. The fraction of sp³-hybridized carbons (Fsp3) is 0.692. The molecule has 4 aliphatic carbocycles. The zero-order valence-corrected chi connectivity index (χ0v) is 20.0. The monoisotopic (exact) mass is 460 g/mol. The number of carbonyl (C=O) groups is 4. The Hall–Kier alpha value is -2.31. The second kappa shape index (κ2) is 7.88. The van der Waals surface area contributed by atoms with Gasteiger partial charge in [-0.05, 0) is 62.0 Å². The van der Waals surface area contributed by atoms with E-state index in [-0.39, 0.29) is 36.4 Å². The first-order valence-corrected chi connectivity index (χ1v) is 11.8. The summed E-state index contributed by atoms with van der Waals surface area (Å²) in [6, 6.07) is 0. The minimum absolute atomic E-state index is 0.0170. The van der Waals surface area contributed by atoms with Gasteiger partial charge in [-0.15, -0.1) is 0 Å². The highest BCUT2D eigenvalue weighted by molar-refractivity contribution is 6.01. The lowest BCUT2D eigenvalue weighted by molar-refractivity contribution is -0.213. The number of Topliss-reactive ketones (excluding diaryl/α,β-unsaturated/α-hetero) is 1. The van der Waals surface area contributed by atoms with E-state index in [2.05, 4.69) is 0 Å². The van der Waals surface area contributed by atoms with Crippen LogP contribution in [0.2, 0.25) is 0 Å². The molecular weight excluding hydrogens is 427 g/mol. The van der Waals surface area contributed by atoms with Crippen LogP contribution in [0.3, 0.4) is 0 Å². The van der Waals surface area contributed by atoms with E-state index in [1.807, 2.05) is 13.8 Å². The fourth-order valence-electron chi connectivity index (χ4n) is 7.82. The molecule has 8 atom stereocenters. The average Bonchev–Trinajstić information content (AvgIpc) is 2.97. The highest BCUT2D eigenvalue weighted by Gasteiger charge is 2.72. The summed E-state index contributed by atoms with van der Waals surface area (Å²) in [4.78, 5) is 48.6. The van der Waals surface area contributed by atoms with Crippen LogP contribution in [0.1, 0.15) is 60.3 Å². The van der Waals surface area contributed by atoms with Crippen LogP contribution < -0.4 is 0 Å². The van der Waals surface area contributed by atoms with Crippen LogP contribution >= 0.6 is 0 Å². The molecule has 0 saturated heterocycles.